The second-order valence-corrected chi connectivity index (χ2v) is 9.58. The van der Waals surface area contributed by atoms with Crippen LogP contribution in [0.5, 0.6) is 0 Å². The van der Waals surface area contributed by atoms with Crippen LogP contribution in [0.1, 0.15) is 26.7 Å². The van der Waals surface area contributed by atoms with Crippen molar-refractivity contribution in [2.24, 2.45) is 17.4 Å². The summed E-state index contributed by atoms with van der Waals surface area (Å²) in [5.74, 6) is -0.758. The van der Waals surface area contributed by atoms with Crippen molar-refractivity contribution in [3.63, 3.8) is 0 Å². The van der Waals surface area contributed by atoms with Gasteiger partial charge in [0.2, 0.25) is 5.91 Å². The molecule has 6 N–H and O–H groups in total. The van der Waals surface area contributed by atoms with Crippen LogP contribution in [-0.2, 0) is 4.79 Å². The number of hydrogen-bond donors (Lipinski definition) is 4. The topological polar surface area (TPSA) is 103 Å². The van der Waals surface area contributed by atoms with Crippen LogP contribution in [0.2, 0.25) is 0 Å². The van der Waals surface area contributed by atoms with Crippen molar-refractivity contribution in [2.45, 2.75) is 56.6 Å². The van der Waals surface area contributed by atoms with Gasteiger partial charge in [-0.2, -0.15) is 0 Å². The van der Waals surface area contributed by atoms with Crippen LogP contribution in [0.4, 0.5) is 4.39 Å². The highest BCUT2D eigenvalue weighted by molar-refractivity contribution is 5.82. The SMILES string of the molecule is CCN1CCN(C2CCNC=C2NC(=O)C(C(N)N)C2CC3(C)C=CC(F)CN23)CC1. The highest BCUT2D eigenvalue weighted by Crippen LogP contribution is 2.44. The lowest BCUT2D eigenvalue weighted by Crippen LogP contribution is -2.72. The maximum Gasteiger partial charge on any atom is 0.231 e. The molecule has 5 atom stereocenters. The summed E-state index contributed by atoms with van der Waals surface area (Å²) in [5, 5.41) is 6.41. The zero-order chi connectivity index (χ0) is 22.2. The molecule has 8 nitrogen and oxygen atoms in total. The lowest BCUT2D eigenvalue weighted by molar-refractivity contribution is -0.137. The Morgan fingerprint density at radius 1 is 1.35 bits per heavy atom. The fourth-order valence-electron chi connectivity index (χ4n) is 5.68. The van der Waals surface area contributed by atoms with Crippen LogP contribution >= 0.6 is 0 Å². The van der Waals surface area contributed by atoms with E-state index in [1.165, 1.54) is 0 Å². The van der Waals surface area contributed by atoms with Crippen molar-refractivity contribution in [1.29, 1.82) is 0 Å². The number of fused-ring (bicyclic) bond motifs is 1. The van der Waals surface area contributed by atoms with Gasteiger partial charge < -0.3 is 27.0 Å². The number of rotatable bonds is 6. The second kappa shape index (κ2) is 9.15. The summed E-state index contributed by atoms with van der Waals surface area (Å²) in [5.41, 5.74) is 12.8. The van der Waals surface area contributed by atoms with E-state index in [0.717, 1.165) is 57.8 Å². The molecule has 0 radical (unpaired) electrons. The molecule has 0 aromatic rings. The van der Waals surface area contributed by atoms with E-state index in [9.17, 15) is 9.18 Å². The van der Waals surface area contributed by atoms with E-state index in [0.29, 0.717) is 0 Å². The number of piperazine rings is 1. The summed E-state index contributed by atoms with van der Waals surface area (Å²) in [4.78, 5) is 20.3. The first-order chi connectivity index (χ1) is 14.8. The van der Waals surface area contributed by atoms with Crippen LogP contribution in [0.15, 0.2) is 24.0 Å². The number of amides is 1. The monoisotopic (exact) mass is 435 g/mol. The predicted molar refractivity (Wildman–Crippen MR) is 120 cm³/mol. The normalized spacial score (nSPS) is 35.7. The summed E-state index contributed by atoms with van der Waals surface area (Å²) in [7, 11) is 0. The average molecular weight is 436 g/mol. The molecule has 0 aromatic heterocycles. The van der Waals surface area contributed by atoms with E-state index in [-0.39, 0.29) is 30.1 Å². The van der Waals surface area contributed by atoms with Crippen molar-refractivity contribution < 1.29 is 9.18 Å². The quantitative estimate of drug-likeness (QED) is 0.331. The molecule has 4 aliphatic rings. The van der Waals surface area contributed by atoms with Crippen LogP contribution in [0.3, 0.4) is 0 Å². The Labute approximate surface area is 184 Å². The van der Waals surface area contributed by atoms with Crippen molar-refractivity contribution >= 4 is 5.91 Å². The number of nitrogens with one attached hydrogen (secondary N) is 2. The lowest BCUT2D eigenvalue weighted by Gasteiger charge is -2.60. The molecule has 0 bridgehead atoms. The van der Waals surface area contributed by atoms with E-state index in [2.05, 4.69) is 34.3 Å². The number of nitrogens with two attached hydrogens (primary N) is 2. The first-order valence-electron chi connectivity index (χ1n) is 11.6. The molecular weight excluding hydrogens is 397 g/mol. The smallest absolute Gasteiger partial charge is 0.231 e. The minimum absolute atomic E-state index is 0.156. The van der Waals surface area contributed by atoms with Crippen LogP contribution in [-0.4, -0.2) is 96.4 Å². The maximum atomic E-state index is 14.0. The third-order valence-corrected chi connectivity index (χ3v) is 7.59. The number of halogens is 1. The Kier molecular flexibility index (Phi) is 6.69. The first-order valence-corrected chi connectivity index (χ1v) is 11.6. The molecule has 0 saturated carbocycles. The van der Waals surface area contributed by atoms with Crippen LogP contribution < -0.4 is 22.1 Å². The summed E-state index contributed by atoms with van der Waals surface area (Å²) in [6.45, 7) is 10.6. The van der Waals surface area contributed by atoms with Gasteiger partial charge in [0.1, 0.15) is 6.17 Å². The Morgan fingerprint density at radius 2 is 2.10 bits per heavy atom. The zero-order valence-corrected chi connectivity index (χ0v) is 18.8. The first kappa shape index (κ1) is 22.7. The Bertz CT molecular complexity index is 721. The molecule has 9 heteroatoms. The van der Waals surface area contributed by atoms with Crippen molar-refractivity contribution in [3.8, 4) is 0 Å². The third kappa shape index (κ3) is 4.52. The van der Waals surface area contributed by atoms with Gasteiger partial charge in [0.05, 0.1) is 23.8 Å². The second-order valence-electron chi connectivity index (χ2n) is 9.58. The van der Waals surface area contributed by atoms with Crippen molar-refractivity contribution in [3.05, 3.63) is 24.0 Å². The zero-order valence-electron chi connectivity index (χ0n) is 18.8. The number of alkyl halides is 1. The van der Waals surface area contributed by atoms with Crippen LogP contribution in [0.25, 0.3) is 0 Å². The van der Waals surface area contributed by atoms with E-state index in [1.807, 2.05) is 17.2 Å². The van der Waals surface area contributed by atoms with Gasteiger partial charge in [-0.1, -0.05) is 19.1 Å². The molecule has 174 valence electrons. The average Bonchev–Trinajstić information content (AvgIpc) is 2.75. The summed E-state index contributed by atoms with van der Waals surface area (Å²) in [6.07, 6.45) is 5.31. The standard InChI is InChI=1S/C22H38FN7O/c1-3-28-8-10-29(11-9-28)17-5-7-26-13-16(17)27-21(31)19(20(24)25)18-12-22(2)6-4-15(23)14-30(18)22/h4,6,13,15,17-20,26H,3,5,7-12,14,24-25H2,1-2H3,(H,27,31). The van der Waals surface area contributed by atoms with Gasteiger partial charge in [-0.25, -0.2) is 4.39 Å². The van der Waals surface area contributed by atoms with E-state index in [1.54, 1.807) is 6.08 Å². The minimum Gasteiger partial charge on any atom is -0.389 e. The maximum absolute atomic E-state index is 14.0. The van der Waals surface area contributed by atoms with Crippen molar-refractivity contribution in [2.75, 3.05) is 45.8 Å². The summed E-state index contributed by atoms with van der Waals surface area (Å²) in [6, 6.07) is 0.0237. The molecule has 1 amide bonds. The molecular formula is C22H38FN7O. The fourth-order valence-corrected chi connectivity index (χ4v) is 5.68. The fraction of sp³-hybridized carbons (Fsp3) is 0.773. The van der Waals surface area contributed by atoms with Gasteiger partial charge in [0.25, 0.3) is 0 Å². The van der Waals surface area contributed by atoms with Crippen LogP contribution in [0, 0.1) is 5.92 Å². The summed E-state index contributed by atoms with van der Waals surface area (Å²) < 4.78 is 14.0. The summed E-state index contributed by atoms with van der Waals surface area (Å²) >= 11 is 0. The molecule has 0 aliphatic carbocycles. The number of hydrogen-bond acceptors (Lipinski definition) is 7. The van der Waals surface area contributed by atoms with Gasteiger partial charge in [-0.15, -0.1) is 0 Å². The Hall–Kier alpha value is -1.52. The molecule has 4 heterocycles. The molecule has 0 aromatic carbocycles. The molecule has 4 aliphatic heterocycles. The van der Waals surface area contributed by atoms with Gasteiger partial charge in [0, 0.05) is 57.0 Å². The van der Waals surface area contributed by atoms with Gasteiger partial charge in [-0.3, -0.25) is 14.6 Å². The third-order valence-electron chi connectivity index (χ3n) is 7.59. The molecule has 4 rings (SSSR count). The highest BCUT2D eigenvalue weighted by atomic mass is 19.1. The number of carbonyl (C=O) groups excluding carboxylic acids is 1. The Balaban J connectivity index is 1.44. The molecule has 0 spiro atoms. The van der Waals surface area contributed by atoms with E-state index < -0.39 is 18.3 Å². The lowest BCUT2D eigenvalue weighted by atomic mass is 9.71. The van der Waals surface area contributed by atoms with E-state index in [4.69, 9.17) is 11.5 Å². The highest BCUT2D eigenvalue weighted by Gasteiger charge is 2.54. The Morgan fingerprint density at radius 3 is 2.77 bits per heavy atom. The minimum atomic E-state index is -1.02. The largest absolute Gasteiger partial charge is 0.389 e. The van der Waals surface area contributed by atoms with Crippen molar-refractivity contribution in [1.82, 2.24) is 25.3 Å². The van der Waals surface area contributed by atoms with Gasteiger partial charge in [0.15, 0.2) is 0 Å². The molecule has 2 fully saturated rings. The van der Waals surface area contributed by atoms with Gasteiger partial charge >= 0.3 is 0 Å². The number of likely N-dealkylation sites (N-methyl/N-ethyl adjacent to an activating group) is 1. The number of carbonyl (C=O) groups is 1. The molecule has 31 heavy (non-hydrogen) atoms. The molecule has 2 saturated heterocycles. The number of nitrogens with zero attached hydrogens (tertiary/aromatic N) is 3. The van der Waals surface area contributed by atoms with Gasteiger partial charge in [-0.05, 0) is 26.3 Å². The molecule has 5 unspecified atom stereocenters. The van der Waals surface area contributed by atoms with E-state index >= 15 is 0 Å². The predicted octanol–water partition coefficient (Wildman–Crippen LogP) is -0.456.